The second kappa shape index (κ2) is 4.34. The number of nitrogens with one attached hydrogen (secondary N) is 1. The molecule has 2 rings (SSSR count). The molecule has 0 unspecified atom stereocenters. The lowest BCUT2D eigenvalue weighted by Crippen LogP contribution is -2.22. The molecule has 0 saturated carbocycles. The predicted octanol–water partition coefficient (Wildman–Crippen LogP) is 1.05. The minimum atomic E-state index is 0.740. The Kier molecular flexibility index (Phi) is 2.89. The summed E-state index contributed by atoms with van der Waals surface area (Å²) in [6.07, 6.45) is 3.68. The molecule has 0 saturated heterocycles. The van der Waals surface area contributed by atoms with Crippen molar-refractivity contribution < 1.29 is 0 Å². The van der Waals surface area contributed by atoms with Crippen LogP contribution in [0.25, 0.3) is 11.4 Å². The van der Waals surface area contributed by atoms with Gasteiger partial charge >= 0.3 is 0 Å². The van der Waals surface area contributed by atoms with E-state index in [0.29, 0.717) is 0 Å². The van der Waals surface area contributed by atoms with Gasteiger partial charge in [0.1, 0.15) is 0 Å². The van der Waals surface area contributed by atoms with E-state index in [0.717, 1.165) is 30.4 Å². The first-order valence-electron chi connectivity index (χ1n) is 5.41. The molecule has 86 valence electrons. The van der Waals surface area contributed by atoms with Crippen LogP contribution in [0.2, 0.25) is 0 Å². The molecule has 0 spiro atoms. The van der Waals surface area contributed by atoms with Gasteiger partial charge in [0.15, 0.2) is 5.82 Å². The summed E-state index contributed by atoms with van der Waals surface area (Å²) in [7, 11) is 1.88. The van der Waals surface area contributed by atoms with Crippen LogP contribution in [0.3, 0.4) is 0 Å². The summed E-state index contributed by atoms with van der Waals surface area (Å²) < 4.78 is 1.74. The average Bonchev–Trinajstić information content (AvgIpc) is 2.89. The van der Waals surface area contributed by atoms with Crippen LogP contribution in [-0.2, 0) is 7.05 Å². The number of hydrogen-bond acceptors (Lipinski definition) is 4. The Morgan fingerprint density at radius 2 is 2.12 bits per heavy atom. The molecular weight excluding hydrogens is 204 g/mol. The molecule has 0 fully saturated rings. The van der Waals surface area contributed by atoms with Crippen molar-refractivity contribution in [1.82, 2.24) is 25.0 Å². The lowest BCUT2D eigenvalue weighted by Gasteiger charge is -2.14. The molecule has 1 N–H and O–H groups in total. The Balaban J connectivity index is 2.25. The van der Waals surface area contributed by atoms with Crippen molar-refractivity contribution in [2.75, 3.05) is 18.0 Å². The Labute approximate surface area is 94.3 Å². The fraction of sp³-hybridized carbons (Fsp3) is 0.500. The minimum Gasteiger partial charge on any atom is -0.340 e. The summed E-state index contributed by atoms with van der Waals surface area (Å²) >= 11 is 0. The maximum absolute atomic E-state index is 4.44. The normalized spacial score (nSPS) is 10.7. The smallest absolute Gasteiger partial charge is 0.244 e. The van der Waals surface area contributed by atoms with E-state index in [4.69, 9.17) is 0 Å². The minimum absolute atomic E-state index is 0.740. The Morgan fingerprint density at radius 1 is 1.38 bits per heavy atom. The first-order chi connectivity index (χ1) is 7.74. The summed E-state index contributed by atoms with van der Waals surface area (Å²) in [5, 5.41) is 11.2. The Hall–Kier alpha value is -1.85. The van der Waals surface area contributed by atoms with E-state index in [9.17, 15) is 0 Å². The van der Waals surface area contributed by atoms with Crippen LogP contribution < -0.4 is 4.90 Å². The maximum atomic E-state index is 4.44. The first kappa shape index (κ1) is 10.7. The predicted molar refractivity (Wildman–Crippen MR) is 62.1 cm³/mol. The van der Waals surface area contributed by atoms with Crippen molar-refractivity contribution in [2.45, 2.75) is 13.8 Å². The van der Waals surface area contributed by atoms with Crippen LogP contribution in [0.5, 0.6) is 0 Å². The highest BCUT2D eigenvalue weighted by atomic mass is 15.4. The van der Waals surface area contributed by atoms with E-state index in [2.05, 4.69) is 39.0 Å². The topological polar surface area (TPSA) is 62.6 Å². The molecule has 0 radical (unpaired) electrons. The number of hydrogen-bond donors (Lipinski definition) is 1. The number of aromatic nitrogens is 5. The van der Waals surface area contributed by atoms with E-state index in [1.165, 1.54) is 0 Å². The molecule has 6 heteroatoms. The third-order valence-electron chi connectivity index (χ3n) is 2.50. The highest BCUT2D eigenvalue weighted by molar-refractivity contribution is 5.53. The second-order valence-corrected chi connectivity index (χ2v) is 3.56. The first-order valence-corrected chi connectivity index (χ1v) is 5.41. The fourth-order valence-electron chi connectivity index (χ4n) is 1.57. The van der Waals surface area contributed by atoms with Crippen LogP contribution >= 0.6 is 0 Å². The summed E-state index contributed by atoms with van der Waals surface area (Å²) in [6.45, 7) is 5.98. The zero-order valence-electron chi connectivity index (χ0n) is 9.80. The number of nitrogens with zero attached hydrogens (tertiary/aromatic N) is 5. The molecule has 2 aromatic heterocycles. The van der Waals surface area contributed by atoms with Crippen molar-refractivity contribution in [3.63, 3.8) is 0 Å². The molecule has 0 atom stereocenters. The Bertz CT molecular complexity index is 453. The van der Waals surface area contributed by atoms with Crippen LogP contribution in [0.4, 0.5) is 5.95 Å². The van der Waals surface area contributed by atoms with Crippen molar-refractivity contribution in [3.8, 4) is 11.4 Å². The number of H-pyrrole nitrogens is 1. The standard InChI is InChI=1S/C10H16N6/c1-4-16(5-2)10-12-9(13-14-10)8-6-11-15(3)7-8/h6-7H,4-5H2,1-3H3,(H,12,13,14). The van der Waals surface area contributed by atoms with Gasteiger partial charge in [0.25, 0.3) is 0 Å². The molecule has 0 aliphatic rings. The van der Waals surface area contributed by atoms with E-state index < -0.39 is 0 Å². The van der Waals surface area contributed by atoms with Gasteiger partial charge in [0.2, 0.25) is 5.95 Å². The third-order valence-corrected chi connectivity index (χ3v) is 2.50. The zero-order chi connectivity index (χ0) is 11.5. The molecule has 6 nitrogen and oxygen atoms in total. The Morgan fingerprint density at radius 3 is 2.69 bits per heavy atom. The lowest BCUT2D eigenvalue weighted by atomic mass is 10.3. The number of rotatable bonds is 4. The lowest BCUT2D eigenvalue weighted by molar-refractivity contribution is 0.768. The van der Waals surface area contributed by atoms with E-state index in [1.807, 2.05) is 13.2 Å². The highest BCUT2D eigenvalue weighted by Crippen LogP contribution is 2.16. The molecule has 0 aliphatic heterocycles. The molecule has 16 heavy (non-hydrogen) atoms. The van der Waals surface area contributed by atoms with Gasteiger partial charge in [-0.3, -0.25) is 9.78 Å². The van der Waals surface area contributed by atoms with Gasteiger partial charge in [-0.05, 0) is 13.8 Å². The van der Waals surface area contributed by atoms with Crippen LogP contribution in [-0.4, -0.2) is 38.1 Å². The molecular formula is C10H16N6. The van der Waals surface area contributed by atoms with Gasteiger partial charge < -0.3 is 4.90 Å². The monoisotopic (exact) mass is 220 g/mol. The summed E-state index contributed by atoms with van der Waals surface area (Å²) in [5.41, 5.74) is 0.952. The fourth-order valence-corrected chi connectivity index (χ4v) is 1.57. The van der Waals surface area contributed by atoms with E-state index in [1.54, 1.807) is 10.9 Å². The van der Waals surface area contributed by atoms with Gasteiger partial charge in [-0.2, -0.15) is 10.1 Å². The van der Waals surface area contributed by atoms with Gasteiger partial charge in [-0.15, -0.1) is 5.10 Å². The molecule has 0 aliphatic carbocycles. The van der Waals surface area contributed by atoms with Crippen LogP contribution in [0.15, 0.2) is 12.4 Å². The van der Waals surface area contributed by atoms with Crippen LogP contribution in [0, 0.1) is 0 Å². The van der Waals surface area contributed by atoms with Gasteiger partial charge in [-0.25, -0.2) is 0 Å². The van der Waals surface area contributed by atoms with Crippen molar-refractivity contribution in [3.05, 3.63) is 12.4 Å². The van der Waals surface area contributed by atoms with E-state index in [-0.39, 0.29) is 0 Å². The number of aryl methyl sites for hydroxylation is 1. The van der Waals surface area contributed by atoms with Crippen molar-refractivity contribution in [2.24, 2.45) is 7.05 Å². The second-order valence-electron chi connectivity index (χ2n) is 3.56. The summed E-state index contributed by atoms with van der Waals surface area (Å²) in [4.78, 5) is 6.54. The summed E-state index contributed by atoms with van der Waals surface area (Å²) in [5.74, 6) is 1.50. The third kappa shape index (κ3) is 1.91. The number of anilines is 1. The van der Waals surface area contributed by atoms with Crippen LogP contribution in [0.1, 0.15) is 13.8 Å². The van der Waals surface area contributed by atoms with Crippen molar-refractivity contribution >= 4 is 5.95 Å². The SMILES string of the molecule is CCN(CC)c1n[nH]c(-c2cnn(C)c2)n1. The van der Waals surface area contributed by atoms with Crippen molar-refractivity contribution in [1.29, 1.82) is 0 Å². The largest absolute Gasteiger partial charge is 0.340 e. The van der Waals surface area contributed by atoms with Gasteiger partial charge in [0, 0.05) is 26.3 Å². The summed E-state index contributed by atoms with van der Waals surface area (Å²) in [6, 6.07) is 0. The highest BCUT2D eigenvalue weighted by Gasteiger charge is 2.10. The average molecular weight is 220 g/mol. The van der Waals surface area contributed by atoms with Gasteiger partial charge in [0.05, 0.1) is 11.8 Å². The van der Waals surface area contributed by atoms with Gasteiger partial charge in [-0.1, -0.05) is 0 Å². The molecule has 0 amide bonds. The zero-order valence-corrected chi connectivity index (χ0v) is 9.80. The van der Waals surface area contributed by atoms with E-state index >= 15 is 0 Å². The molecule has 2 aromatic rings. The quantitative estimate of drug-likeness (QED) is 0.836. The number of aromatic amines is 1. The maximum Gasteiger partial charge on any atom is 0.244 e. The molecule has 2 heterocycles. The molecule has 0 bridgehead atoms. The molecule has 0 aromatic carbocycles.